The third-order valence-corrected chi connectivity index (χ3v) is 3.05. The number of nitrogens with one attached hydrogen (secondary N) is 1. The molecule has 5 nitrogen and oxygen atoms in total. The van der Waals surface area contributed by atoms with Crippen molar-refractivity contribution in [1.29, 1.82) is 0 Å². The lowest BCUT2D eigenvalue weighted by atomic mass is 10.1. The van der Waals surface area contributed by atoms with E-state index >= 15 is 0 Å². The minimum Gasteiger partial charge on any atom is -0.364 e. The van der Waals surface area contributed by atoms with E-state index < -0.39 is 5.91 Å². The summed E-state index contributed by atoms with van der Waals surface area (Å²) in [7, 11) is 0. The average molecular weight is 284 g/mol. The van der Waals surface area contributed by atoms with Crippen LogP contribution >= 0.6 is 0 Å². The van der Waals surface area contributed by atoms with Gasteiger partial charge in [0.15, 0.2) is 0 Å². The lowest BCUT2D eigenvalue weighted by Gasteiger charge is -2.10. The van der Waals surface area contributed by atoms with E-state index in [1.807, 2.05) is 30.3 Å². The number of carbonyl (C=O) groups is 1. The molecule has 0 radical (unpaired) electrons. The second-order valence-electron chi connectivity index (χ2n) is 5.30. The number of hydrogen-bond donors (Lipinski definition) is 2. The van der Waals surface area contributed by atoms with Gasteiger partial charge < -0.3 is 11.1 Å². The van der Waals surface area contributed by atoms with Crippen LogP contribution in [0.15, 0.2) is 36.4 Å². The van der Waals surface area contributed by atoms with Crippen LogP contribution in [-0.4, -0.2) is 22.4 Å². The first kappa shape index (κ1) is 15.0. The van der Waals surface area contributed by atoms with E-state index in [4.69, 9.17) is 5.73 Å². The molecule has 2 aromatic rings. The van der Waals surface area contributed by atoms with Gasteiger partial charge in [-0.2, -0.15) is 0 Å². The Labute approximate surface area is 124 Å². The van der Waals surface area contributed by atoms with E-state index in [1.54, 1.807) is 6.07 Å². The summed E-state index contributed by atoms with van der Waals surface area (Å²) in [5.74, 6) is 0.470. The molecule has 1 heterocycles. The number of aromatic nitrogens is 2. The van der Waals surface area contributed by atoms with Crippen molar-refractivity contribution in [3.8, 4) is 11.3 Å². The van der Waals surface area contributed by atoms with Gasteiger partial charge in [-0.05, 0) is 18.4 Å². The Morgan fingerprint density at radius 3 is 2.57 bits per heavy atom. The van der Waals surface area contributed by atoms with Crippen LogP contribution in [-0.2, 0) is 0 Å². The molecule has 21 heavy (non-hydrogen) atoms. The lowest BCUT2D eigenvalue weighted by molar-refractivity contribution is 0.0995. The fourth-order valence-electron chi connectivity index (χ4n) is 1.88. The van der Waals surface area contributed by atoms with Crippen molar-refractivity contribution in [2.24, 2.45) is 11.7 Å². The normalized spacial score (nSPS) is 10.6. The van der Waals surface area contributed by atoms with Gasteiger partial charge in [-0.1, -0.05) is 44.2 Å². The van der Waals surface area contributed by atoms with Gasteiger partial charge in [-0.3, -0.25) is 4.79 Å². The van der Waals surface area contributed by atoms with Gasteiger partial charge in [0, 0.05) is 12.1 Å². The molecule has 0 spiro atoms. The molecule has 0 aliphatic rings. The number of rotatable bonds is 6. The minimum absolute atomic E-state index is 0.218. The molecule has 0 atom stereocenters. The summed E-state index contributed by atoms with van der Waals surface area (Å²) >= 11 is 0. The Morgan fingerprint density at radius 2 is 1.95 bits per heavy atom. The Morgan fingerprint density at radius 1 is 1.24 bits per heavy atom. The third-order valence-electron chi connectivity index (χ3n) is 3.05. The molecule has 0 aliphatic heterocycles. The van der Waals surface area contributed by atoms with E-state index in [2.05, 4.69) is 29.1 Å². The van der Waals surface area contributed by atoms with Gasteiger partial charge in [-0.25, -0.2) is 9.97 Å². The fourth-order valence-corrected chi connectivity index (χ4v) is 1.88. The van der Waals surface area contributed by atoms with Crippen LogP contribution in [0.1, 0.15) is 30.8 Å². The number of benzene rings is 1. The van der Waals surface area contributed by atoms with E-state index in [1.165, 1.54) is 0 Å². The first-order valence-electron chi connectivity index (χ1n) is 7.04. The van der Waals surface area contributed by atoms with E-state index in [0.717, 1.165) is 18.5 Å². The predicted molar refractivity (Wildman–Crippen MR) is 83.9 cm³/mol. The van der Waals surface area contributed by atoms with Crippen molar-refractivity contribution in [3.63, 3.8) is 0 Å². The molecule has 0 bridgehead atoms. The Kier molecular flexibility index (Phi) is 4.87. The second-order valence-corrected chi connectivity index (χ2v) is 5.30. The molecule has 1 amide bonds. The van der Waals surface area contributed by atoms with Crippen molar-refractivity contribution < 1.29 is 4.79 Å². The molecule has 1 aromatic carbocycles. The maximum absolute atomic E-state index is 11.4. The Hall–Kier alpha value is -2.43. The lowest BCUT2D eigenvalue weighted by Crippen LogP contribution is -2.16. The number of amides is 1. The first-order valence-corrected chi connectivity index (χ1v) is 7.04. The number of primary amides is 1. The van der Waals surface area contributed by atoms with E-state index in [0.29, 0.717) is 17.6 Å². The minimum atomic E-state index is -0.554. The first-order chi connectivity index (χ1) is 10.1. The highest BCUT2D eigenvalue weighted by Gasteiger charge is 2.10. The van der Waals surface area contributed by atoms with E-state index in [-0.39, 0.29) is 5.69 Å². The summed E-state index contributed by atoms with van der Waals surface area (Å²) in [6, 6.07) is 11.3. The summed E-state index contributed by atoms with van der Waals surface area (Å²) in [4.78, 5) is 20.0. The summed E-state index contributed by atoms with van der Waals surface area (Å²) in [5, 5.41) is 3.15. The smallest absolute Gasteiger partial charge is 0.267 e. The highest BCUT2D eigenvalue weighted by atomic mass is 16.1. The summed E-state index contributed by atoms with van der Waals surface area (Å²) in [6.07, 6.45) is 1.00. The standard InChI is InChI=1S/C16H20N4O/c1-11(2)8-9-18-16-19-13(10-14(20-16)15(17)21)12-6-4-3-5-7-12/h3-7,10-11H,8-9H2,1-2H3,(H2,17,21)(H,18,19,20). The van der Waals surface area contributed by atoms with Gasteiger partial charge in [0.25, 0.3) is 5.91 Å². The van der Waals surface area contributed by atoms with Crippen LogP contribution in [0.3, 0.4) is 0 Å². The van der Waals surface area contributed by atoms with Gasteiger partial charge in [-0.15, -0.1) is 0 Å². The number of hydrogen-bond acceptors (Lipinski definition) is 4. The SMILES string of the molecule is CC(C)CCNc1nc(C(N)=O)cc(-c2ccccc2)n1. The number of carbonyl (C=O) groups excluding carboxylic acids is 1. The topological polar surface area (TPSA) is 80.9 Å². The van der Waals surface area contributed by atoms with Gasteiger partial charge in [0.1, 0.15) is 5.69 Å². The second kappa shape index (κ2) is 6.83. The molecule has 5 heteroatoms. The fraction of sp³-hybridized carbons (Fsp3) is 0.312. The van der Waals surface area contributed by atoms with Crippen LogP contribution < -0.4 is 11.1 Å². The molecule has 1 aromatic heterocycles. The van der Waals surface area contributed by atoms with Crippen molar-refractivity contribution in [2.75, 3.05) is 11.9 Å². The Balaban J connectivity index is 2.28. The molecule has 3 N–H and O–H groups in total. The highest BCUT2D eigenvalue weighted by Crippen LogP contribution is 2.19. The Bertz CT molecular complexity index is 611. The summed E-state index contributed by atoms with van der Waals surface area (Å²) in [5.41, 5.74) is 7.18. The molecule has 0 unspecified atom stereocenters. The molecule has 110 valence electrons. The van der Waals surface area contributed by atoms with Gasteiger partial charge >= 0.3 is 0 Å². The van der Waals surface area contributed by atoms with E-state index in [9.17, 15) is 4.79 Å². The molecular formula is C16H20N4O. The molecular weight excluding hydrogens is 264 g/mol. The van der Waals surface area contributed by atoms with Crippen LogP contribution in [0.4, 0.5) is 5.95 Å². The largest absolute Gasteiger partial charge is 0.364 e. The molecule has 0 saturated heterocycles. The molecule has 0 fully saturated rings. The zero-order valence-corrected chi connectivity index (χ0v) is 12.3. The van der Waals surface area contributed by atoms with Crippen molar-refractivity contribution >= 4 is 11.9 Å². The molecule has 0 aliphatic carbocycles. The monoisotopic (exact) mass is 284 g/mol. The third kappa shape index (κ3) is 4.27. The van der Waals surface area contributed by atoms with Gasteiger partial charge in [0.05, 0.1) is 5.69 Å². The summed E-state index contributed by atoms with van der Waals surface area (Å²) < 4.78 is 0. The highest BCUT2D eigenvalue weighted by molar-refractivity contribution is 5.92. The summed E-state index contributed by atoms with van der Waals surface area (Å²) in [6.45, 7) is 5.06. The van der Waals surface area contributed by atoms with Crippen molar-refractivity contribution in [3.05, 3.63) is 42.1 Å². The number of nitrogens with zero attached hydrogens (tertiary/aromatic N) is 2. The van der Waals surface area contributed by atoms with Crippen molar-refractivity contribution in [1.82, 2.24) is 9.97 Å². The van der Waals surface area contributed by atoms with Crippen LogP contribution in [0, 0.1) is 5.92 Å². The van der Waals surface area contributed by atoms with Crippen LogP contribution in [0.2, 0.25) is 0 Å². The quantitative estimate of drug-likeness (QED) is 0.854. The van der Waals surface area contributed by atoms with Crippen molar-refractivity contribution in [2.45, 2.75) is 20.3 Å². The maximum Gasteiger partial charge on any atom is 0.267 e. The number of nitrogens with two attached hydrogens (primary N) is 1. The van der Waals surface area contributed by atoms with Crippen LogP contribution in [0.5, 0.6) is 0 Å². The average Bonchev–Trinajstić information content (AvgIpc) is 2.47. The van der Waals surface area contributed by atoms with Gasteiger partial charge in [0.2, 0.25) is 5.95 Å². The number of anilines is 1. The zero-order valence-electron chi connectivity index (χ0n) is 12.3. The molecule has 0 saturated carbocycles. The predicted octanol–water partition coefficient (Wildman–Crippen LogP) is 2.70. The molecule has 2 rings (SSSR count). The maximum atomic E-state index is 11.4. The van der Waals surface area contributed by atoms with Crippen LogP contribution in [0.25, 0.3) is 11.3 Å². The zero-order chi connectivity index (χ0) is 15.2.